The fraction of sp³-hybridized carbons (Fsp3) is 0.421. The van der Waals surface area contributed by atoms with Crippen LogP contribution in [0.1, 0.15) is 74.3 Å². The van der Waals surface area contributed by atoms with Gasteiger partial charge in [0.25, 0.3) is 5.52 Å². The molecule has 2 aromatic carbocycles. The lowest BCUT2D eigenvalue weighted by molar-refractivity contribution is -0.464. The molecule has 0 saturated heterocycles. The predicted octanol–water partition coefficient (Wildman–Crippen LogP) is 7.18. The lowest BCUT2D eigenvalue weighted by Gasteiger charge is -2.13. The summed E-state index contributed by atoms with van der Waals surface area (Å²) >= 11 is 0. The van der Waals surface area contributed by atoms with E-state index >= 15 is 0 Å². The second-order valence-electron chi connectivity index (χ2n) is 14.3. The lowest BCUT2D eigenvalue weighted by atomic mass is 10.0. The van der Waals surface area contributed by atoms with E-state index in [0.717, 1.165) is 73.8 Å². The molecule has 278 valence electrons. The molecule has 0 bridgehead atoms. The van der Waals surface area contributed by atoms with Gasteiger partial charge in [-0.3, -0.25) is 9.97 Å². The molecule has 53 heavy (non-hydrogen) atoms. The van der Waals surface area contributed by atoms with Crippen molar-refractivity contribution in [1.29, 1.82) is 0 Å². The van der Waals surface area contributed by atoms with Gasteiger partial charge in [-0.25, -0.2) is 16.8 Å². The average molecular weight is 760 g/mol. The number of benzene rings is 2. The number of aromatic nitrogens is 6. The van der Waals surface area contributed by atoms with Gasteiger partial charge in [0.15, 0.2) is 19.7 Å². The minimum absolute atomic E-state index is 0.106. The normalized spacial score (nSPS) is 15.7. The van der Waals surface area contributed by atoms with E-state index in [-0.39, 0.29) is 38.6 Å². The van der Waals surface area contributed by atoms with Crippen LogP contribution < -0.4 is 4.43 Å². The lowest BCUT2D eigenvalue weighted by Crippen LogP contribution is -2.19. The number of nitrogens with zero attached hydrogens (tertiary/aromatic N) is 5. The molecule has 1 N–H and O–H groups in total. The van der Waals surface area contributed by atoms with Gasteiger partial charge in [0.05, 0.1) is 48.8 Å². The van der Waals surface area contributed by atoms with Gasteiger partial charge in [-0.2, -0.15) is 0 Å². The van der Waals surface area contributed by atoms with E-state index in [2.05, 4.69) is 25.3 Å². The molecule has 0 atom stereocenters. The van der Waals surface area contributed by atoms with E-state index in [4.69, 9.17) is 9.05 Å². The number of aromatic amines is 1. The first-order valence-electron chi connectivity index (χ1n) is 18.0. The van der Waals surface area contributed by atoms with Crippen molar-refractivity contribution in [3.8, 4) is 22.3 Å². The van der Waals surface area contributed by atoms with Gasteiger partial charge in [0, 0.05) is 34.5 Å². The number of sulfone groups is 2. The Bertz CT molecular complexity index is 2560. The molecule has 0 aliphatic heterocycles. The molecule has 4 aromatic heterocycles. The van der Waals surface area contributed by atoms with Crippen LogP contribution in [0.4, 0.5) is 0 Å². The van der Waals surface area contributed by atoms with Crippen molar-refractivity contribution in [3.63, 3.8) is 0 Å². The van der Waals surface area contributed by atoms with E-state index in [1.165, 1.54) is 18.6 Å². The second-order valence-corrected chi connectivity index (χ2v) is 18.3. The molecular weight excluding hydrogens is 717 g/mol. The van der Waals surface area contributed by atoms with Gasteiger partial charge in [-0.1, -0.05) is 36.0 Å². The highest BCUT2D eigenvalue weighted by Gasteiger charge is 2.30. The quantitative estimate of drug-likeness (QED) is 0.155. The minimum Gasteiger partial charge on any atom is -0.361 e. The monoisotopic (exact) mass is 759 g/mol. The van der Waals surface area contributed by atoms with Crippen molar-refractivity contribution in [2.75, 3.05) is 11.5 Å². The van der Waals surface area contributed by atoms with Crippen molar-refractivity contribution in [2.24, 2.45) is 11.8 Å². The van der Waals surface area contributed by atoms with Crippen molar-refractivity contribution in [3.05, 3.63) is 76.9 Å². The van der Waals surface area contributed by atoms with Crippen LogP contribution in [0.15, 0.2) is 67.9 Å². The summed E-state index contributed by atoms with van der Waals surface area (Å²) in [5, 5.41) is 7.94. The third-order valence-electron chi connectivity index (χ3n) is 10.5. The molecule has 13 nitrogen and oxygen atoms in total. The van der Waals surface area contributed by atoms with Crippen LogP contribution in [0.2, 0.25) is 0 Å². The number of hydrogen-bond acceptors (Lipinski definition) is 11. The molecule has 2 fully saturated rings. The van der Waals surface area contributed by atoms with Crippen molar-refractivity contribution in [2.45, 2.75) is 88.9 Å². The van der Waals surface area contributed by atoms with Gasteiger partial charge in [0.2, 0.25) is 6.20 Å². The van der Waals surface area contributed by atoms with E-state index < -0.39 is 19.7 Å². The van der Waals surface area contributed by atoms with Crippen LogP contribution in [-0.4, -0.2) is 53.6 Å². The summed E-state index contributed by atoms with van der Waals surface area (Å²) in [5.74, 6) is 1.93. The summed E-state index contributed by atoms with van der Waals surface area (Å²) in [5.41, 5.74) is 5.89. The van der Waals surface area contributed by atoms with Gasteiger partial charge in [-0.15, -0.1) is 0 Å². The Hall–Kier alpha value is -4.76. The van der Waals surface area contributed by atoms with Crippen molar-refractivity contribution >= 4 is 41.7 Å². The van der Waals surface area contributed by atoms with E-state index in [9.17, 15) is 21.7 Å². The Kier molecular flexibility index (Phi) is 10.1. The van der Waals surface area contributed by atoms with Crippen molar-refractivity contribution < 1.29 is 30.3 Å². The molecule has 0 unspecified atom stereocenters. The van der Waals surface area contributed by atoms with E-state index in [0.29, 0.717) is 43.8 Å². The summed E-state index contributed by atoms with van der Waals surface area (Å²) in [6.45, 7) is 7.24. The summed E-state index contributed by atoms with van der Waals surface area (Å²) < 4.78 is 64.0. The van der Waals surface area contributed by atoms with Crippen LogP contribution in [0.5, 0.6) is 0 Å². The zero-order chi connectivity index (χ0) is 37.5. The highest BCUT2D eigenvalue weighted by atomic mass is 32.2. The van der Waals surface area contributed by atoms with Gasteiger partial charge in [0.1, 0.15) is 22.6 Å². The first kappa shape index (κ1) is 36.6. The Morgan fingerprint density at radius 1 is 0.717 bits per heavy atom. The van der Waals surface area contributed by atoms with Crippen LogP contribution >= 0.6 is 0 Å². The van der Waals surface area contributed by atoms with Crippen LogP contribution in [-0.2, 0) is 19.7 Å². The topological polar surface area (TPSA) is 185 Å². The Labute approximate surface area is 307 Å². The van der Waals surface area contributed by atoms with Crippen LogP contribution in [0, 0.1) is 44.4 Å². The number of hydrogen-bond donors (Lipinski definition) is 1. The SMILES string of the molecule is Cc1noc(C)c1-c1cc(S(=O)(=O)CC2CCCC2)c2[nH]cc[n+](=O)c2c1.Cc1noc(C)c1-c1cc(S(=O)(=O)CC2CCCC2)c2nccnc2c1. The van der Waals surface area contributed by atoms with Gasteiger partial charge in [-0.05, 0) is 94.5 Å². The molecule has 2 saturated carbocycles. The maximum Gasteiger partial charge on any atom is 0.288 e. The molecule has 6 aromatic rings. The average Bonchev–Trinajstić information content (AvgIpc) is 3.95. The minimum atomic E-state index is -3.56. The third kappa shape index (κ3) is 7.41. The first-order chi connectivity index (χ1) is 25.3. The smallest absolute Gasteiger partial charge is 0.288 e. The Morgan fingerprint density at radius 3 is 1.77 bits per heavy atom. The summed E-state index contributed by atoms with van der Waals surface area (Å²) in [4.78, 5) is 24.4. The molecule has 0 radical (unpaired) electrons. The number of rotatable bonds is 8. The molecule has 8 rings (SSSR count). The van der Waals surface area contributed by atoms with Crippen LogP contribution in [0.3, 0.4) is 0 Å². The standard InChI is InChI=1S/C19H22N3O4S.C19H21N3O3S/c1-12-18(13(2)26-21-12)15-9-16-19(20-7-8-22(16)23)17(10-15)27(24,25)11-14-5-3-4-6-14;1-12-18(13(2)25-22-12)15-9-16-19(21-8-7-20-16)17(10-15)26(23,24)11-14-5-3-4-6-14/h7-10,14H,3-6,11H2,1-2H3,(H,20,23);7-10,14H,3-6,11H2,1-2H3/q+1;. The molecule has 0 spiro atoms. The van der Waals surface area contributed by atoms with Crippen molar-refractivity contribution in [1.82, 2.24) is 25.3 Å². The largest absolute Gasteiger partial charge is 0.361 e. The Balaban J connectivity index is 0.000000164. The molecular formula is C38H43N6O7S2+. The molecule has 2 aliphatic carbocycles. The second kappa shape index (κ2) is 14.6. The number of aryl methyl sites for hydroxylation is 4. The summed E-state index contributed by atoms with van der Waals surface area (Å²) in [7, 11) is -7.02. The van der Waals surface area contributed by atoms with E-state index in [1.807, 2.05) is 19.9 Å². The zero-order valence-electron chi connectivity index (χ0n) is 30.3. The van der Waals surface area contributed by atoms with Gasteiger partial charge >= 0.3 is 0 Å². The molecule has 0 amide bonds. The fourth-order valence-corrected chi connectivity index (χ4v) is 11.8. The van der Waals surface area contributed by atoms with Crippen LogP contribution in [0.25, 0.3) is 44.3 Å². The van der Waals surface area contributed by atoms with E-state index in [1.54, 1.807) is 38.2 Å². The van der Waals surface area contributed by atoms with Gasteiger partial charge < -0.3 is 14.0 Å². The summed E-state index contributed by atoms with van der Waals surface area (Å²) in [6.07, 6.45) is 14.1. The maximum absolute atomic E-state index is 13.2. The maximum atomic E-state index is 13.2. The first-order valence-corrected chi connectivity index (χ1v) is 21.3. The number of nitrogens with one attached hydrogen (secondary N) is 1. The fourth-order valence-electron chi connectivity index (χ4n) is 7.95. The highest BCUT2D eigenvalue weighted by Crippen LogP contribution is 2.36. The Morgan fingerprint density at radius 2 is 1.23 bits per heavy atom. The highest BCUT2D eigenvalue weighted by molar-refractivity contribution is 7.92. The molecule has 2 aliphatic rings. The zero-order valence-corrected chi connectivity index (χ0v) is 31.9. The number of fused-ring (bicyclic) bond motifs is 2. The third-order valence-corrected chi connectivity index (χ3v) is 14.3. The summed E-state index contributed by atoms with van der Waals surface area (Å²) in [6, 6.07) is 6.87. The number of H-pyrrole nitrogens is 1. The molecule has 15 heteroatoms. The predicted molar refractivity (Wildman–Crippen MR) is 199 cm³/mol. The molecule has 4 heterocycles.